The Hall–Kier alpha value is -3.58. The highest BCUT2D eigenvalue weighted by Crippen LogP contribution is 2.39. The average Bonchev–Trinajstić information content (AvgIpc) is 3.60. The number of hydrogen-bond donors (Lipinski definition) is 0. The van der Waals surface area contributed by atoms with Crippen molar-refractivity contribution in [3.8, 4) is 11.4 Å². The molecule has 6 aromatic carbocycles. The van der Waals surface area contributed by atoms with Crippen LogP contribution in [0.3, 0.4) is 0 Å². The van der Waals surface area contributed by atoms with Gasteiger partial charge in [-0.25, -0.2) is 0 Å². The maximum atomic E-state index is 13.3. The number of alkyl halides is 6. The van der Waals surface area contributed by atoms with E-state index in [-0.39, 0.29) is 0 Å². The SMILES string of the molecule is BrBr.Cc1cc(-n2c3ccc(Br)cc3c3cc(Br)ccc32)cc(C(F)(F)F)c1.Cc1cc(-n2c3ccccc3c3ccccc32)cc(C(F)(F)F)c1. The van der Waals surface area contributed by atoms with Crippen LogP contribution in [0.5, 0.6) is 0 Å². The van der Waals surface area contributed by atoms with Gasteiger partial charge in [-0.1, -0.05) is 68.3 Å². The number of fused-ring (bicyclic) bond motifs is 6. The number of halogens is 10. The van der Waals surface area contributed by atoms with Crippen LogP contribution in [-0.2, 0) is 12.4 Å². The molecule has 0 aliphatic rings. The van der Waals surface area contributed by atoms with Crippen molar-refractivity contribution in [1.29, 1.82) is 0 Å². The number of hydrogen-bond acceptors (Lipinski definition) is 0. The summed E-state index contributed by atoms with van der Waals surface area (Å²) in [6, 6.07) is 35.5. The second kappa shape index (κ2) is 15.0. The lowest BCUT2D eigenvalue weighted by molar-refractivity contribution is -0.138. The molecule has 2 aromatic heterocycles. The monoisotopic (exact) mass is 964 g/mol. The van der Waals surface area contributed by atoms with E-state index in [9.17, 15) is 26.3 Å². The minimum Gasteiger partial charge on any atom is -0.309 e. The van der Waals surface area contributed by atoms with Gasteiger partial charge in [-0.05, 0) is 110 Å². The van der Waals surface area contributed by atoms with E-state index >= 15 is 0 Å². The first-order chi connectivity index (χ1) is 24.7. The van der Waals surface area contributed by atoms with E-state index in [2.05, 4.69) is 60.1 Å². The number of aromatic nitrogens is 2. The minimum atomic E-state index is -4.38. The first-order valence-electron chi connectivity index (χ1n) is 15.6. The normalized spacial score (nSPS) is 11.8. The van der Waals surface area contributed by atoms with Crippen LogP contribution in [0.4, 0.5) is 26.3 Å². The van der Waals surface area contributed by atoms with Crippen molar-refractivity contribution in [2.24, 2.45) is 0 Å². The minimum absolute atomic E-state index is 0.502. The molecule has 0 amide bonds. The molecule has 0 N–H and O–H groups in total. The summed E-state index contributed by atoms with van der Waals surface area (Å²) in [5.74, 6) is 0. The Labute approximate surface area is 327 Å². The molecule has 2 heterocycles. The predicted octanol–water partition coefficient (Wildman–Crippen LogP) is 15.4. The summed E-state index contributed by atoms with van der Waals surface area (Å²) in [5.41, 5.74) is 4.44. The zero-order valence-electron chi connectivity index (χ0n) is 27.2. The number of nitrogens with zero attached hydrogens (tertiary/aromatic N) is 2. The van der Waals surface area contributed by atoms with Crippen LogP contribution in [-0.4, -0.2) is 9.13 Å². The average molecular weight is 968 g/mol. The largest absolute Gasteiger partial charge is 0.416 e. The lowest BCUT2D eigenvalue weighted by Crippen LogP contribution is -2.07. The molecule has 2 nitrogen and oxygen atoms in total. The Morgan fingerprint density at radius 1 is 0.423 bits per heavy atom. The van der Waals surface area contributed by atoms with Gasteiger partial charge in [0.2, 0.25) is 0 Å². The van der Waals surface area contributed by atoms with Gasteiger partial charge >= 0.3 is 12.4 Å². The number of aryl methyl sites for hydroxylation is 2. The lowest BCUT2D eigenvalue weighted by atomic mass is 10.1. The van der Waals surface area contributed by atoms with Crippen LogP contribution in [0.15, 0.2) is 130 Å². The van der Waals surface area contributed by atoms with Gasteiger partial charge in [0.1, 0.15) is 0 Å². The molecule has 0 radical (unpaired) electrons. The van der Waals surface area contributed by atoms with E-state index in [1.807, 2.05) is 94.1 Å². The van der Waals surface area contributed by atoms with E-state index < -0.39 is 23.5 Å². The van der Waals surface area contributed by atoms with E-state index in [4.69, 9.17) is 0 Å². The second-order valence-corrected chi connectivity index (χ2v) is 14.0. The fraction of sp³-hybridized carbons (Fsp3) is 0.100. The fourth-order valence-electron chi connectivity index (χ4n) is 6.56. The van der Waals surface area contributed by atoms with Gasteiger partial charge in [-0.15, -0.1) is 0 Å². The standard InChI is InChI=1S/C20H12Br2F3N.C20H14F3N.Br2/c1-11-6-12(20(23,24)25)8-15(7-11)26-18-4-2-13(21)9-16(18)17-10-14(22)3-5-19(17)26;1-13-10-14(20(21,22)23)12-15(11-13)24-18-8-4-2-6-16(18)17-7-3-5-9-19(17)24;1-2/h2-10H,1H3;2-12H,1H3;. The highest BCUT2D eigenvalue weighted by atomic mass is 80.9. The van der Waals surface area contributed by atoms with Crippen LogP contribution in [0.25, 0.3) is 55.0 Å². The molecule has 0 unspecified atom stereocenters. The summed E-state index contributed by atoms with van der Waals surface area (Å²) >= 11 is 12.5. The van der Waals surface area contributed by atoms with Crippen molar-refractivity contribution < 1.29 is 26.3 Å². The van der Waals surface area contributed by atoms with Gasteiger partial charge in [0, 0.05) is 70.1 Å². The Morgan fingerprint density at radius 2 is 0.769 bits per heavy atom. The van der Waals surface area contributed by atoms with Gasteiger partial charge < -0.3 is 9.13 Å². The summed E-state index contributed by atoms with van der Waals surface area (Å²) < 4.78 is 85.1. The highest BCUT2D eigenvalue weighted by molar-refractivity contribution is 9.93. The van der Waals surface area contributed by atoms with Gasteiger partial charge in [0.05, 0.1) is 33.2 Å². The molecule has 0 fully saturated rings. The van der Waals surface area contributed by atoms with Crippen molar-refractivity contribution >= 4 is 104 Å². The van der Waals surface area contributed by atoms with Crippen molar-refractivity contribution in [2.45, 2.75) is 26.2 Å². The van der Waals surface area contributed by atoms with Gasteiger partial charge in [-0.3, -0.25) is 0 Å². The summed E-state index contributed by atoms with van der Waals surface area (Å²) in [4.78, 5) is 0. The van der Waals surface area contributed by atoms with Crippen LogP contribution < -0.4 is 0 Å². The molecule has 0 atom stereocenters. The first kappa shape index (κ1) is 38.2. The third-order valence-corrected chi connectivity index (χ3v) is 9.55. The summed E-state index contributed by atoms with van der Waals surface area (Å²) in [7, 11) is 0. The number of benzene rings is 6. The Kier molecular flexibility index (Phi) is 11.0. The quantitative estimate of drug-likeness (QED) is 0.153. The summed E-state index contributed by atoms with van der Waals surface area (Å²) in [5, 5.41) is 4.02. The van der Waals surface area contributed by atoms with Crippen LogP contribution >= 0.6 is 60.1 Å². The van der Waals surface area contributed by atoms with Gasteiger partial charge in [-0.2, -0.15) is 26.3 Å². The molecule has 0 saturated carbocycles. The molecule has 52 heavy (non-hydrogen) atoms. The highest BCUT2D eigenvalue weighted by Gasteiger charge is 2.32. The number of para-hydroxylation sites is 2. The molecule has 0 saturated heterocycles. The zero-order valence-corrected chi connectivity index (χ0v) is 33.6. The molecule has 0 spiro atoms. The second-order valence-electron chi connectivity index (χ2n) is 12.1. The first-order valence-corrected chi connectivity index (χ1v) is 20.9. The molecule has 8 rings (SSSR count). The predicted molar refractivity (Wildman–Crippen MR) is 214 cm³/mol. The van der Waals surface area contributed by atoms with Crippen LogP contribution in [0.1, 0.15) is 22.3 Å². The third kappa shape index (κ3) is 7.58. The summed E-state index contributed by atoms with van der Waals surface area (Å²) in [6.45, 7) is 3.37. The van der Waals surface area contributed by atoms with Gasteiger partial charge in [0.15, 0.2) is 0 Å². The zero-order chi connectivity index (χ0) is 37.5. The van der Waals surface area contributed by atoms with Crippen molar-refractivity contribution in [3.05, 3.63) is 153 Å². The Bertz CT molecular complexity index is 2470. The maximum absolute atomic E-state index is 13.3. The smallest absolute Gasteiger partial charge is 0.309 e. The van der Waals surface area contributed by atoms with Crippen molar-refractivity contribution in [2.75, 3.05) is 0 Å². The van der Waals surface area contributed by atoms with Crippen molar-refractivity contribution in [3.63, 3.8) is 0 Å². The van der Waals surface area contributed by atoms with Crippen molar-refractivity contribution in [1.82, 2.24) is 9.13 Å². The maximum Gasteiger partial charge on any atom is 0.416 e. The molecular weight excluding hydrogens is 942 g/mol. The number of rotatable bonds is 2. The molecule has 12 heteroatoms. The fourth-order valence-corrected chi connectivity index (χ4v) is 7.28. The topological polar surface area (TPSA) is 9.86 Å². The molecule has 0 aliphatic heterocycles. The third-order valence-electron chi connectivity index (χ3n) is 8.56. The van der Waals surface area contributed by atoms with E-state index in [0.29, 0.717) is 22.5 Å². The molecule has 0 aliphatic carbocycles. The Balaban J connectivity index is 0.000000171. The molecule has 0 bridgehead atoms. The molecule has 266 valence electrons. The van der Waals surface area contributed by atoms with E-state index in [1.54, 1.807) is 26.0 Å². The van der Waals surface area contributed by atoms with Crippen LogP contribution in [0.2, 0.25) is 0 Å². The van der Waals surface area contributed by atoms with Crippen LogP contribution in [0, 0.1) is 13.8 Å². The lowest BCUT2D eigenvalue weighted by Gasteiger charge is -2.13. The Morgan fingerprint density at radius 3 is 1.13 bits per heavy atom. The molecular formula is C40H26Br4F6N2. The van der Waals surface area contributed by atoms with E-state index in [0.717, 1.165) is 52.6 Å². The van der Waals surface area contributed by atoms with Gasteiger partial charge in [0.25, 0.3) is 0 Å². The molecule has 8 aromatic rings. The summed E-state index contributed by atoms with van der Waals surface area (Å²) in [6.07, 6.45) is -8.74. The van der Waals surface area contributed by atoms with E-state index in [1.165, 1.54) is 24.3 Å².